The van der Waals surface area contributed by atoms with E-state index >= 15 is 0 Å². The number of carbonyl (C=O) groups is 1. The Morgan fingerprint density at radius 3 is 3.12 bits per heavy atom. The van der Waals surface area contributed by atoms with E-state index in [1.165, 1.54) is 0 Å². The van der Waals surface area contributed by atoms with Crippen LogP contribution in [0.15, 0.2) is 18.2 Å². The van der Waals surface area contributed by atoms with Crippen LogP contribution in [0.4, 0.5) is 0 Å². The highest BCUT2D eigenvalue weighted by Crippen LogP contribution is 2.44. The van der Waals surface area contributed by atoms with E-state index in [0.717, 1.165) is 29.9 Å². The maximum Gasteiger partial charge on any atom is 0.241 e. The van der Waals surface area contributed by atoms with E-state index in [-0.39, 0.29) is 42.6 Å². The Morgan fingerprint density at radius 2 is 2.29 bits per heavy atom. The number of nitriles is 1. The van der Waals surface area contributed by atoms with Gasteiger partial charge in [0.25, 0.3) is 0 Å². The molecule has 1 unspecified atom stereocenters. The average Bonchev–Trinajstić information content (AvgIpc) is 3.32. The van der Waals surface area contributed by atoms with Crippen molar-refractivity contribution in [3.05, 3.63) is 23.8 Å². The second-order valence-corrected chi connectivity index (χ2v) is 6.97. The third-order valence-corrected chi connectivity index (χ3v) is 5.72. The molecule has 0 bridgehead atoms. The predicted octanol–water partition coefficient (Wildman–Crippen LogP) is 2.06. The van der Waals surface area contributed by atoms with E-state index in [2.05, 4.69) is 11.4 Å². The molecule has 3 aliphatic rings. The zero-order chi connectivity index (χ0) is 15.8. The van der Waals surface area contributed by atoms with Crippen molar-refractivity contribution in [1.82, 2.24) is 10.2 Å². The van der Waals surface area contributed by atoms with E-state index in [9.17, 15) is 4.79 Å². The van der Waals surface area contributed by atoms with Crippen LogP contribution < -0.4 is 14.8 Å². The minimum atomic E-state index is -0.272. The molecule has 0 spiro atoms. The minimum Gasteiger partial charge on any atom is -0.454 e. The monoisotopic (exact) mass is 367 g/mol. The number of rotatable bonds is 2. The molecule has 24 heavy (non-hydrogen) atoms. The number of thioether (sulfide) groups is 1. The molecule has 8 heteroatoms. The molecule has 1 aromatic carbocycles. The molecule has 6 nitrogen and oxygen atoms in total. The van der Waals surface area contributed by atoms with Gasteiger partial charge in [-0.2, -0.15) is 5.26 Å². The fraction of sp³-hybridized carbons (Fsp3) is 0.500. The molecule has 4 rings (SSSR count). The fourth-order valence-electron chi connectivity index (χ4n) is 3.32. The molecule has 2 saturated heterocycles. The number of hydrogen-bond donors (Lipinski definition) is 1. The summed E-state index contributed by atoms with van der Waals surface area (Å²) in [7, 11) is 0. The molecule has 0 aromatic heterocycles. The van der Waals surface area contributed by atoms with Gasteiger partial charge in [0.2, 0.25) is 12.7 Å². The van der Waals surface area contributed by atoms with Gasteiger partial charge in [-0.3, -0.25) is 10.1 Å². The molecule has 3 atom stereocenters. The largest absolute Gasteiger partial charge is 0.454 e. The lowest BCUT2D eigenvalue weighted by molar-refractivity contribution is -0.132. The van der Waals surface area contributed by atoms with Crippen molar-refractivity contribution in [2.45, 2.75) is 30.3 Å². The van der Waals surface area contributed by atoms with Crippen LogP contribution in [0, 0.1) is 11.3 Å². The Bertz CT molecular complexity index is 681. The highest BCUT2D eigenvalue weighted by Gasteiger charge is 2.38. The summed E-state index contributed by atoms with van der Waals surface area (Å²) < 4.78 is 11.0. The smallest absolute Gasteiger partial charge is 0.241 e. The number of halogens is 1. The van der Waals surface area contributed by atoms with Gasteiger partial charge in [-0.05, 0) is 18.9 Å². The SMILES string of the molecule is Cl.N#C[C@@H]1CCCN1C(=O)[C@@H]1CSC(c2cccc3c2OCO3)N1. The van der Waals surface area contributed by atoms with Crippen LogP contribution in [-0.4, -0.2) is 42.0 Å². The Labute approximate surface area is 150 Å². The number of carbonyl (C=O) groups excluding carboxylic acids is 1. The van der Waals surface area contributed by atoms with Crippen LogP contribution in [0.2, 0.25) is 0 Å². The third kappa shape index (κ3) is 2.90. The van der Waals surface area contributed by atoms with E-state index in [1.807, 2.05) is 18.2 Å². The van der Waals surface area contributed by atoms with Gasteiger partial charge >= 0.3 is 0 Å². The number of likely N-dealkylation sites (tertiary alicyclic amines) is 1. The molecule has 0 aliphatic carbocycles. The molecule has 0 saturated carbocycles. The van der Waals surface area contributed by atoms with Gasteiger partial charge in [-0.1, -0.05) is 12.1 Å². The quantitative estimate of drug-likeness (QED) is 0.862. The first-order valence-corrected chi connectivity index (χ1v) is 8.79. The summed E-state index contributed by atoms with van der Waals surface area (Å²) >= 11 is 1.69. The van der Waals surface area contributed by atoms with Gasteiger partial charge in [-0.25, -0.2) is 0 Å². The molecule has 2 fully saturated rings. The Hall–Kier alpha value is -1.62. The Balaban J connectivity index is 0.00000169. The molecule has 1 amide bonds. The zero-order valence-corrected chi connectivity index (χ0v) is 14.6. The van der Waals surface area contributed by atoms with Crippen molar-refractivity contribution < 1.29 is 14.3 Å². The third-order valence-electron chi connectivity index (χ3n) is 4.47. The van der Waals surface area contributed by atoms with Crippen LogP contribution in [0.3, 0.4) is 0 Å². The molecular formula is C16H18ClN3O3S. The second kappa shape index (κ2) is 7.09. The van der Waals surface area contributed by atoms with Crippen molar-refractivity contribution in [3.63, 3.8) is 0 Å². The van der Waals surface area contributed by atoms with E-state index in [0.29, 0.717) is 12.3 Å². The van der Waals surface area contributed by atoms with Gasteiger partial charge in [0, 0.05) is 17.9 Å². The van der Waals surface area contributed by atoms with Crippen LogP contribution in [0.5, 0.6) is 11.5 Å². The number of ether oxygens (including phenoxy) is 2. The predicted molar refractivity (Wildman–Crippen MR) is 92.3 cm³/mol. The van der Waals surface area contributed by atoms with Crippen molar-refractivity contribution in [2.75, 3.05) is 19.1 Å². The molecule has 1 N–H and O–H groups in total. The summed E-state index contributed by atoms with van der Waals surface area (Å²) in [5, 5.41) is 12.6. The van der Waals surface area contributed by atoms with Crippen LogP contribution in [0.25, 0.3) is 0 Å². The number of fused-ring (bicyclic) bond motifs is 1. The summed E-state index contributed by atoms with van der Waals surface area (Å²) in [5.41, 5.74) is 1.01. The highest BCUT2D eigenvalue weighted by atomic mass is 35.5. The van der Waals surface area contributed by atoms with Gasteiger partial charge in [0.05, 0.1) is 17.5 Å². The summed E-state index contributed by atoms with van der Waals surface area (Å²) in [5.74, 6) is 2.25. The summed E-state index contributed by atoms with van der Waals surface area (Å²) in [6.07, 6.45) is 1.69. The summed E-state index contributed by atoms with van der Waals surface area (Å²) in [6.45, 7) is 0.923. The van der Waals surface area contributed by atoms with Gasteiger partial charge in [0.1, 0.15) is 6.04 Å². The number of amides is 1. The van der Waals surface area contributed by atoms with E-state index in [4.69, 9.17) is 14.7 Å². The average molecular weight is 368 g/mol. The lowest BCUT2D eigenvalue weighted by atomic mass is 10.1. The minimum absolute atomic E-state index is 0. The molecule has 3 heterocycles. The van der Waals surface area contributed by atoms with Crippen molar-refractivity contribution >= 4 is 30.1 Å². The van der Waals surface area contributed by atoms with Crippen molar-refractivity contribution in [3.8, 4) is 17.6 Å². The maximum absolute atomic E-state index is 12.7. The van der Waals surface area contributed by atoms with E-state index in [1.54, 1.807) is 16.7 Å². The number of nitrogens with zero attached hydrogens (tertiary/aromatic N) is 2. The summed E-state index contributed by atoms with van der Waals surface area (Å²) in [6, 6.07) is 7.53. The number of hydrogen-bond acceptors (Lipinski definition) is 6. The first-order chi connectivity index (χ1) is 11.3. The molecule has 0 radical (unpaired) electrons. The first kappa shape index (κ1) is 17.2. The zero-order valence-electron chi connectivity index (χ0n) is 12.9. The van der Waals surface area contributed by atoms with Gasteiger partial charge in [0.15, 0.2) is 11.5 Å². The topological polar surface area (TPSA) is 74.6 Å². The van der Waals surface area contributed by atoms with Crippen molar-refractivity contribution in [1.29, 1.82) is 5.26 Å². The van der Waals surface area contributed by atoms with Gasteiger partial charge < -0.3 is 14.4 Å². The molecule has 3 aliphatic heterocycles. The molecule has 1 aromatic rings. The second-order valence-electron chi connectivity index (χ2n) is 5.83. The van der Waals surface area contributed by atoms with Gasteiger partial charge in [-0.15, -0.1) is 24.2 Å². The lowest BCUT2D eigenvalue weighted by Crippen LogP contribution is -2.46. The Morgan fingerprint density at radius 1 is 1.42 bits per heavy atom. The summed E-state index contributed by atoms with van der Waals surface area (Å²) in [4.78, 5) is 14.4. The lowest BCUT2D eigenvalue weighted by Gasteiger charge is -2.23. The van der Waals surface area contributed by atoms with E-state index < -0.39 is 0 Å². The van der Waals surface area contributed by atoms with Crippen LogP contribution in [0.1, 0.15) is 23.8 Å². The fourth-order valence-corrected chi connectivity index (χ4v) is 4.57. The normalized spacial score (nSPS) is 27.6. The number of para-hydroxylation sites is 1. The first-order valence-electron chi connectivity index (χ1n) is 7.74. The molecule has 128 valence electrons. The highest BCUT2D eigenvalue weighted by molar-refractivity contribution is 7.99. The van der Waals surface area contributed by atoms with Crippen LogP contribution in [-0.2, 0) is 4.79 Å². The Kier molecular flexibility index (Phi) is 5.09. The molecular weight excluding hydrogens is 350 g/mol. The standard InChI is InChI=1S/C16H17N3O3S.ClH/c17-7-10-3-2-6-19(10)16(20)12-8-23-15(18-12)11-4-1-5-13-14(11)22-9-21-13;/h1,4-5,10,12,15,18H,2-3,6,8-9H2;1H/t10-,12-,15?;/m0./s1. The maximum atomic E-state index is 12.7. The van der Waals surface area contributed by atoms with Crippen LogP contribution >= 0.6 is 24.2 Å². The van der Waals surface area contributed by atoms with Crippen molar-refractivity contribution in [2.24, 2.45) is 0 Å². The number of nitrogens with one attached hydrogen (secondary N) is 1. The number of benzene rings is 1.